The maximum absolute atomic E-state index is 12.4. The Morgan fingerprint density at radius 1 is 1.15 bits per heavy atom. The van der Waals surface area contributed by atoms with Crippen molar-refractivity contribution in [1.29, 1.82) is 0 Å². The molecule has 1 atom stereocenters. The van der Waals surface area contributed by atoms with Crippen LogP contribution in [0.5, 0.6) is 0 Å². The molecule has 1 unspecified atom stereocenters. The van der Waals surface area contributed by atoms with Gasteiger partial charge in [0.25, 0.3) is 5.91 Å². The molecule has 0 spiro atoms. The largest absolute Gasteiger partial charge is 0.449 e. The maximum atomic E-state index is 12.4. The summed E-state index contributed by atoms with van der Waals surface area (Å²) in [5.41, 5.74) is 1.31. The van der Waals surface area contributed by atoms with Crippen molar-refractivity contribution in [2.45, 2.75) is 24.8 Å². The summed E-state index contributed by atoms with van der Waals surface area (Å²) in [5.74, 6) is -1.42. The number of amides is 1. The molecule has 2 aromatic carbocycles. The topological polar surface area (TPSA) is 102 Å². The number of sulfonamides is 1. The Morgan fingerprint density at radius 2 is 1.81 bits per heavy atom. The standard InChI is InChI=1S/C18H19ClN2O5S/c1-11-6-4-5-7-16(11)21-17(22)12(2)26-18(23)14-10-13(8-9-15(14)19)27(24,25)20-3/h4-10,12,20H,1-3H3,(H,21,22). The minimum atomic E-state index is -3.76. The lowest BCUT2D eigenvalue weighted by Gasteiger charge is -2.15. The predicted molar refractivity (Wildman–Crippen MR) is 102 cm³/mol. The Hall–Kier alpha value is -2.42. The molecule has 1 amide bonds. The molecule has 0 saturated heterocycles. The number of aryl methyl sites for hydroxylation is 1. The third-order valence-electron chi connectivity index (χ3n) is 3.79. The second kappa shape index (κ2) is 8.51. The number of benzene rings is 2. The lowest BCUT2D eigenvalue weighted by atomic mass is 10.2. The number of anilines is 1. The van der Waals surface area contributed by atoms with Crippen molar-refractivity contribution in [1.82, 2.24) is 4.72 Å². The number of esters is 1. The van der Waals surface area contributed by atoms with Crippen LogP contribution in [-0.4, -0.2) is 33.4 Å². The first kappa shape index (κ1) is 20.9. The average Bonchev–Trinajstić information content (AvgIpc) is 2.63. The highest BCUT2D eigenvalue weighted by Crippen LogP contribution is 2.22. The number of hydrogen-bond acceptors (Lipinski definition) is 5. The number of nitrogens with one attached hydrogen (secondary N) is 2. The fraction of sp³-hybridized carbons (Fsp3) is 0.222. The quantitative estimate of drug-likeness (QED) is 0.713. The summed E-state index contributed by atoms with van der Waals surface area (Å²) in [5, 5.41) is 2.69. The molecular weight excluding hydrogens is 392 g/mol. The van der Waals surface area contributed by atoms with Crippen molar-refractivity contribution in [3.8, 4) is 0 Å². The molecule has 2 rings (SSSR count). The van der Waals surface area contributed by atoms with Gasteiger partial charge in [-0.25, -0.2) is 17.9 Å². The molecule has 2 N–H and O–H groups in total. The molecule has 0 aliphatic heterocycles. The summed E-state index contributed by atoms with van der Waals surface area (Å²) < 4.78 is 31.1. The fourth-order valence-electron chi connectivity index (χ4n) is 2.17. The summed E-state index contributed by atoms with van der Waals surface area (Å²) in [6.07, 6.45) is -1.11. The van der Waals surface area contributed by atoms with Crippen molar-refractivity contribution in [2.75, 3.05) is 12.4 Å². The minimum absolute atomic E-state index is 0.0153. The van der Waals surface area contributed by atoms with Gasteiger partial charge in [0.2, 0.25) is 10.0 Å². The van der Waals surface area contributed by atoms with E-state index in [4.69, 9.17) is 16.3 Å². The average molecular weight is 411 g/mol. The van der Waals surface area contributed by atoms with Gasteiger partial charge in [0.15, 0.2) is 6.10 Å². The summed E-state index contributed by atoms with van der Waals surface area (Å²) in [6.45, 7) is 3.24. The molecule has 27 heavy (non-hydrogen) atoms. The van der Waals surface area contributed by atoms with Crippen LogP contribution in [0.1, 0.15) is 22.8 Å². The van der Waals surface area contributed by atoms with E-state index in [0.717, 1.165) is 11.6 Å². The third kappa shape index (κ3) is 5.06. The van der Waals surface area contributed by atoms with Crippen LogP contribution in [0.25, 0.3) is 0 Å². The number of hydrogen-bond donors (Lipinski definition) is 2. The normalized spacial score (nSPS) is 12.3. The zero-order chi connectivity index (χ0) is 20.2. The first-order chi connectivity index (χ1) is 12.7. The number of halogens is 1. The molecule has 0 fully saturated rings. The fourth-order valence-corrected chi connectivity index (χ4v) is 3.12. The van der Waals surface area contributed by atoms with Crippen molar-refractivity contribution >= 4 is 39.2 Å². The van der Waals surface area contributed by atoms with E-state index >= 15 is 0 Å². The number of rotatable bonds is 6. The number of ether oxygens (including phenoxy) is 1. The van der Waals surface area contributed by atoms with Crippen molar-refractivity contribution in [2.24, 2.45) is 0 Å². The van der Waals surface area contributed by atoms with Gasteiger partial charge in [0.05, 0.1) is 15.5 Å². The van der Waals surface area contributed by atoms with Crippen LogP contribution >= 0.6 is 11.6 Å². The Kier molecular flexibility index (Phi) is 6.59. The van der Waals surface area contributed by atoms with E-state index < -0.39 is 28.0 Å². The van der Waals surface area contributed by atoms with Gasteiger partial charge in [-0.15, -0.1) is 0 Å². The maximum Gasteiger partial charge on any atom is 0.340 e. The van der Waals surface area contributed by atoms with Crippen LogP contribution in [0.3, 0.4) is 0 Å². The third-order valence-corrected chi connectivity index (χ3v) is 5.53. The second-order valence-electron chi connectivity index (χ2n) is 5.70. The molecule has 0 heterocycles. The van der Waals surface area contributed by atoms with Crippen molar-refractivity contribution in [3.05, 3.63) is 58.6 Å². The Morgan fingerprint density at radius 3 is 2.44 bits per heavy atom. The van der Waals surface area contributed by atoms with E-state index in [2.05, 4.69) is 10.0 Å². The molecule has 0 aromatic heterocycles. The molecule has 144 valence electrons. The molecule has 9 heteroatoms. The van der Waals surface area contributed by atoms with Crippen LogP contribution < -0.4 is 10.0 Å². The molecule has 0 radical (unpaired) electrons. The van der Waals surface area contributed by atoms with Gasteiger partial charge in [0.1, 0.15) is 0 Å². The molecule has 0 aliphatic rings. The first-order valence-electron chi connectivity index (χ1n) is 7.96. The highest BCUT2D eigenvalue weighted by Gasteiger charge is 2.23. The van der Waals surface area contributed by atoms with Gasteiger partial charge in [0, 0.05) is 5.69 Å². The molecule has 7 nitrogen and oxygen atoms in total. The number of carbonyl (C=O) groups is 2. The monoisotopic (exact) mass is 410 g/mol. The van der Waals surface area contributed by atoms with Crippen molar-refractivity contribution < 1.29 is 22.7 Å². The number of para-hydroxylation sites is 1. The lowest BCUT2D eigenvalue weighted by molar-refractivity contribution is -0.123. The minimum Gasteiger partial charge on any atom is -0.449 e. The van der Waals surface area contributed by atoms with E-state index in [1.54, 1.807) is 12.1 Å². The van der Waals surface area contributed by atoms with E-state index in [1.165, 1.54) is 26.1 Å². The SMILES string of the molecule is CNS(=O)(=O)c1ccc(Cl)c(C(=O)OC(C)C(=O)Nc2ccccc2C)c1. The van der Waals surface area contributed by atoms with Crippen molar-refractivity contribution in [3.63, 3.8) is 0 Å². The van der Waals surface area contributed by atoms with E-state index in [-0.39, 0.29) is 15.5 Å². The summed E-state index contributed by atoms with van der Waals surface area (Å²) in [6, 6.07) is 10.8. The van der Waals surface area contributed by atoms with Crippen LogP contribution in [-0.2, 0) is 19.6 Å². The van der Waals surface area contributed by atoms with Crippen LogP contribution in [0.15, 0.2) is 47.4 Å². The van der Waals surface area contributed by atoms with Crippen LogP contribution in [0, 0.1) is 6.92 Å². The van der Waals surface area contributed by atoms with Gasteiger partial charge in [-0.3, -0.25) is 4.79 Å². The summed E-state index contributed by atoms with van der Waals surface area (Å²) in [4.78, 5) is 24.5. The predicted octanol–water partition coefficient (Wildman–Crippen LogP) is 2.74. The number of carbonyl (C=O) groups excluding carboxylic acids is 2. The Balaban J connectivity index is 2.15. The molecule has 0 bridgehead atoms. The molecular formula is C18H19ClN2O5S. The lowest BCUT2D eigenvalue weighted by Crippen LogP contribution is -2.30. The second-order valence-corrected chi connectivity index (χ2v) is 7.99. The zero-order valence-corrected chi connectivity index (χ0v) is 16.5. The smallest absolute Gasteiger partial charge is 0.340 e. The Bertz CT molecular complexity index is 975. The van der Waals surface area contributed by atoms with Gasteiger partial charge in [-0.1, -0.05) is 29.8 Å². The zero-order valence-electron chi connectivity index (χ0n) is 14.9. The highest BCUT2D eigenvalue weighted by molar-refractivity contribution is 7.89. The van der Waals surface area contributed by atoms with E-state index in [0.29, 0.717) is 5.69 Å². The van der Waals surface area contributed by atoms with E-state index in [9.17, 15) is 18.0 Å². The van der Waals surface area contributed by atoms with E-state index in [1.807, 2.05) is 19.1 Å². The summed E-state index contributed by atoms with van der Waals surface area (Å²) >= 11 is 5.98. The van der Waals surface area contributed by atoms with Gasteiger partial charge >= 0.3 is 5.97 Å². The molecule has 2 aromatic rings. The van der Waals surface area contributed by atoms with Gasteiger partial charge in [-0.05, 0) is 50.7 Å². The Labute approximate surface area is 162 Å². The summed E-state index contributed by atoms with van der Waals surface area (Å²) in [7, 11) is -2.51. The van der Waals surface area contributed by atoms with Crippen LogP contribution in [0.4, 0.5) is 5.69 Å². The highest BCUT2D eigenvalue weighted by atomic mass is 35.5. The molecule has 0 saturated carbocycles. The first-order valence-corrected chi connectivity index (χ1v) is 9.82. The van der Waals surface area contributed by atoms with Gasteiger partial charge in [-0.2, -0.15) is 0 Å². The van der Waals surface area contributed by atoms with Crippen LogP contribution in [0.2, 0.25) is 5.02 Å². The molecule has 0 aliphatic carbocycles. The van der Waals surface area contributed by atoms with Gasteiger partial charge < -0.3 is 10.1 Å².